The van der Waals surface area contributed by atoms with Crippen LogP contribution in [-0.4, -0.2) is 121 Å². The van der Waals surface area contributed by atoms with Crippen LogP contribution in [-0.2, 0) is 0 Å². The van der Waals surface area contributed by atoms with Crippen LogP contribution in [0.25, 0.3) is 0 Å². The Morgan fingerprint density at radius 1 is 0.0833 bits per heavy atom. The first-order valence-electron chi connectivity index (χ1n) is 38.0. The molecule has 8 aliphatic heterocycles. The quantitative estimate of drug-likeness (QED) is 0.0948. The Kier molecular flexibility index (Phi) is 17.8. The molecule has 0 saturated carbocycles. The molecule has 0 aliphatic carbocycles. The van der Waals surface area contributed by atoms with E-state index in [1.807, 2.05) is 0 Å². The Hall–Kier alpha value is 3.90. The third-order valence-corrected chi connectivity index (χ3v) is 823. The molecule has 0 N–H and O–H groups in total. The van der Waals surface area contributed by atoms with Crippen molar-refractivity contribution in [3.63, 3.8) is 0 Å². The predicted molar refractivity (Wildman–Crippen MR) is 436 cm³/mol. The van der Waals surface area contributed by atoms with E-state index in [0.29, 0.717) is 0 Å². The third kappa shape index (κ3) is 4.75. The Morgan fingerprint density at radius 2 is 0.143 bits per heavy atom. The Labute approximate surface area is 542 Å². The standard InChI is InChI=1S/C66H154Si18/c1-45(2)67(46(3)4)68(47(5)6,48(7)8)72(54(19)20)71(67,53(17)18)75(57(25)26)76(72,58(27)28)80(62(35)36)79(75,61(33)34)83(65(41)42)81(63(37)38)77(59(29)30)73(55(21)22)69(49(9)10,50(11)12)70(51(13)14,52(15)16)74(73,56(23)24)78(77,60(31)32)82(81,64(39)40)84(80,83)66(43)44/h45-66H,1-44H3/t71-,72+,73+,74-,75+,76-,77-,78+,79-,80+,81+,82-,83?,84?. The van der Waals surface area contributed by atoms with Crippen molar-refractivity contribution >= 4 is 121 Å². The molecule has 8 fully saturated rings. The minimum Gasteiger partial charge on any atom is -0.0659 e. The second-order valence-corrected chi connectivity index (χ2v) is 283. The summed E-state index contributed by atoms with van der Waals surface area (Å²) in [5.74, 6) is 0. The third-order valence-electron chi connectivity index (χ3n) is 35.2. The van der Waals surface area contributed by atoms with Crippen LogP contribution in [0.3, 0.4) is 0 Å². The van der Waals surface area contributed by atoms with Crippen molar-refractivity contribution in [3.05, 3.63) is 0 Å². The summed E-state index contributed by atoms with van der Waals surface area (Å²) in [5, 5.41) is 0. The van der Waals surface area contributed by atoms with Crippen molar-refractivity contribution < 1.29 is 0 Å². The smallest absolute Gasteiger partial charge is 0.0400 e. The van der Waals surface area contributed by atoms with Gasteiger partial charge in [0.25, 0.3) is 0 Å². The normalized spacial score (nSPS) is 45.2. The number of fused-ring (bicyclic) bond motifs is 19. The van der Waals surface area contributed by atoms with Gasteiger partial charge in [-0.3, -0.25) is 0 Å². The van der Waals surface area contributed by atoms with E-state index < -0.39 is 121 Å². The SMILES string of the molecule is CC(C)[Si]1(C(C)C)[Si](C(C)C)(C(C)C)[Si@]2(C(C)C)[Si@@]1(C(C)C)[Si@@]1(C(C)C)[Si@]3(C(C)C)[Si]4(C(C)C)[Si](C(C)C)([Si@]3(C(C)C)[Si@@]21C(C)C)[Si@]1(C(C)C)[Si@@]4(C(C)C)[Si@@]2(C(C)C)[Si@]3(C(C)C)[Si](C(C)C)(C(C)C)[Si](C(C)C)(C(C)C)[Si@]3(C(C)C)[Si@@]12C(C)C. The zero-order valence-corrected chi connectivity index (χ0v) is 83.7. The van der Waals surface area contributed by atoms with Crippen LogP contribution in [0.4, 0.5) is 0 Å². The van der Waals surface area contributed by atoms with E-state index in [0.717, 1.165) is 122 Å². The fourth-order valence-electron chi connectivity index (χ4n) is 43.3. The lowest BCUT2D eigenvalue weighted by Gasteiger charge is -3.28. The number of hydrogen-bond acceptors (Lipinski definition) is 0. The van der Waals surface area contributed by atoms with Crippen molar-refractivity contribution in [2.75, 3.05) is 0 Å². The molecule has 0 nitrogen and oxygen atoms in total. The van der Waals surface area contributed by atoms with Crippen LogP contribution in [0, 0.1) is 0 Å². The van der Waals surface area contributed by atoms with Crippen molar-refractivity contribution in [1.82, 2.24) is 0 Å². The summed E-state index contributed by atoms with van der Waals surface area (Å²) in [7, 11) is -7.70. The first kappa shape index (κ1) is 73.7. The first-order valence-corrected chi connectivity index (χ1v) is 101. The van der Waals surface area contributed by atoms with E-state index in [1.165, 1.54) is 0 Å². The Morgan fingerprint density at radius 3 is 0.190 bits per heavy atom. The topological polar surface area (TPSA) is 0 Å². The lowest BCUT2D eigenvalue weighted by atomic mass is 10.5. The summed E-state index contributed by atoms with van der Waals surface area (Å²) in [5.41, 5.74) is 23.5. The summed E-state index contributed by atoms with van der Waals surface area (Å²) in [6.07, 6.45) is 0. The molecule has 18 heteroatoms. The van der Waals surface area contributed by atoms with Gasteiger partial charge in [-0.15, -0.1) is 0 Å². The molecule has 490 valence electrons. The molecule has 8 saturated heterocycles. The molecule has 0 aromatic heterocycles. The van der Waals surface area contributed by atoms with Gasteiger partial charge in [-0.25, -0.2) is 0 Å². The summed E-state index contributed by atoms with van der Waals surface area (Å²) in [6.45, 7) is 114. The van der Waals surface area contributed by atoms with Crippen LogP contribution in [0.1, 0.15) is 305 Å². The molecule has 8 aliphatic rings. The van der Waals surface area contributed by atoms with E-state index in [-0.39, 0.29) is 0 Å². The molecule has 84 heavy (non-hydrogen) atoms. The molecule has 0 amide bonds. The summed E-state index contributed by atoms with van der Waals surface area (Å²) in [6, 6.07) is 0. The van der Waals surface area contributed by atoms with Crippen molar-refractivity contribution in [3.8, 4) is 0 Å². The highest BCUT2D eigenvalue weighted by atomic mass is 31.1. The molecule has 0 aromatic carbocycles. The van der Waals surface area contributed by atoms with Crippen molar-refractivity contribution in [2.24, 2.45) is 0 Å². The highest BCUT2D eigenvalue weighted by Gasteiger charge is 3.34. The summed E-state index contributed by atoms with van der Waals surface area (Å²) in [4.78, 5) is 0. The van der Waals surface area contributed by atoms with E-state index >= 15 is 0 Å². The van der Waals surface area contributed by atoms with E-state index in [9.17, 15) is 0 Å². The highest BCUT2D eigenvalue weighted by molar-refractivity contribution is 8.86. The predicted octanol–water partition coefficient (Wildman–Crippen LogP) is 23.2. The molecule has 0 bridgehead atoms. The molecule has 0 aromatic rings. The van der Waals surface area contributed by atoms with Gasteiger partial charge in [0.15, 0.2) is 0 Å². The summed E-state index contributed by atoms with van der Waals surface area (Å²) >= 11 is 0. The van der Waals surface area contributed by atoms with Gasteiger partial charge in [0.05, 0.1) is 0 Å². The van der Waals surface area contributed by atoms with E-state index in [4.69, 9.17) is 0 Å². The molecule has 8 heterocycles. The molecule has 8 rings (SSSR count). The zero-order chi connectivity index (χ0) is 65.7. The highest BCUT2D eigenvalue weighted by Crippen LogP contribution is 3.07. The second kappa shape index (κ2) is 20.3. The summed E-state index contributed by atoms with van der Waals surface area (Å²) < 4.78 is 0. The largest absolute Gasteiger partial charge is 0.0659 e. The maximum absolute atomic E-state index is 3.36. The van der Waals surface area contributed by atoms with Gasteiger partial charge in [0, 0.05) is 121 Å². The average Bonchev–Trinajstić information content (AvgIpc) is 3.26. The maximum Gasteiger partial charge on any atom is 0.0400 e. The minimum absolute atomic E-state index is 1.01. The monoisotopic (exact) mass is 1450 g/mol. The maximum atomic E-state index is 3.36. The molecular formula is C66H154Si18. The fourth-order valence-corrected chi connectivity index (χ4v) is 2170. The first-order chi connectivity index (χ1) is 38.0. The van der Waals surface area contributed by atoms with Crippen LogP contribution < -0.4 is 0 Å². The van der Waals surface area contributed by atoms with Crippen LogP contribution in [0.5, 0.6) is 0 Å². The van der Waals surface area contributed by atoms with Crippen LogP contribution in [0.2, 0.25) is 122 Å². The van der Waals surface area contributed by atoms with Gasteiger partial charge in [-0.1, -0.05) is 427 Å². The Balaban J connectivity index is 1.94. The van der Waals surface area contributed by atoms with Gasteiger partial charge in [0.2, 0.25) is 0 Å². The van der Waals surface area contributed by atoms with Gasteiger partial charge < -0.3 is 0 Å². The molecular weight excluding hydrogens is 1300 g/mol. The second-order valence-electron chi connectivity index (χ2n) is 40.2. The van der Waals surface area contributed by atoms with Crippen molar-refractivity contribution in [2.45, 2.75) is 427 Å². The van der Waals surface area contributed by atoms with E-state index in [1.54, 1.807) is 0 Å². The number of rotatable bonds is 22. The fraction of sp³-hybridized carbons (Fsp3) is 1.00. The molecule has 0 spiro atoms. The van der Waals surface area contributed by atoms with Crippen LogP contribution >= 0.6 is 0 Å². The Bertz CT molecular complexity index is 2230. The molecule has 0 radical (unpaired) electrons. The van der Waals surface area contributed by atoms with Crippen molar-refractivity contribution in [1.29, 1.82) is 0 Å². The van der Waals surface area contributed by atoms with E-state index in [2.05, 4.69) is 305 Å². The number of hydrogen-bond donors (Lipinski definition) is 0. The molecule has 2 unspecified atom stereocenters. The lowest BCUT2D eigenvalue weighted by Crippen LogP contribution is -3.60. The minimum atomic E-state index is -2.07. The zero-order valence-electron chi connectivity index (χ0n) is 65.7. The average molecular weight is 1450 g/mol. The lowest BCUT2D eigenvalue weighted by molar-refractivity contribution is 0.863. The van der Waals surface area contributed by atoms with Gasteiger partial charge >= 0.3 is 0 Å². The van der Waals surface area contributed by atoms with Crippen LogP contribution in [0.15, 0.2) is 0 Å². The van der Waals surface area contributed by atoms with Gasteiger partial charge in [0.1, 0.15) is 0 Å². The van der Waals surface area contributed by atoms with Gasteiger partial charge in [-0.05, 0) is 0 Å². The molecule has 14 atom stereocenters. The van der Waals surface area contributed by atoms with Gasteiger partial charge in [-0.2, -0.15) is 0 Å².